The van der Waals surface area contributed by atoms with Crippen LogP contribution in [0.3, 0.4) is 0 Å². The van der Waals surface area contributed by atoms with Gasteiger partial charge in [-0.3, -0.25) is 0 Å². The van der Waals surface area contributed by atoms with Crippen LogP contribution in [0.15, 0.2) is 18.5 Å². The van der Waals surface area contributed by atoms with Crippen molar-refractivity contribution in [3.05, 3.63) is 29.8 Å². The van der Waals surface area contributed by atoms with E-state index >= 15 is 0 Å². The molecule has 7 nitrogen and oxygen atoms in total. The Morgan fingerprint density at radius 3 is 2.82 bits per heavy atom. The van der Waals surface area contributed by atoms with E-state index in [1.54, 1.807) is 19.5 Å². The standard InChI is InChI=1S/C15H20N6O/c1-22-10-13-14-12(21(19-18-14)9-11-3-4-11)5-8-20(13)15-16-6-2-7-17-15/h2,6-7,11,13H,3-5,8-10H2,1H3. The van der Waals surface area contributed by atoms with Crippen molar-refractivity contribution in [3.8, 4) is 0 Å². The summed E-state index contributed by atoms with van der Waals surface area (Å²) >= 11 is 0. The number of hydrogen-bond acceptors (Lipinski definition) is 6. The maximum Gasteiger partial charge on any atom is 0.225 e. The molecule has 0 bridgehead atoms. The van der Waals surface area contributed by atoms with Crippen LogP contribution in [-0.4, -0.2) is 45.2 Å². The van der Waals surface area contributed by atoms with Crippen LogP contribution >= 0.6 is 0 Å². The van der Waals surface area contributed by atoms with Gasteiger partial charge in [-0.2, -0.15) is 0 Å². The van der Waals surface area contributed by atoms with Crippen molar-refractivity contribution in [2.24, 2.45) is 5.92 Å². The molecule has 1 unspecified atom stereocenters. The lowest BCUT2D eigenvalue weighted by Crippen LogP contribution is -2.39. The van der Waals surface area contributed by atoms with Crippen LogP contribution < -0.4 is 4.90 Å². The van der Waals surface area contributed by atoms with E-state index in [-0.39, 0.29) is 6.04 Å². The molecule has 1 atom stereocenters. The average molecular weight is 300 g/mol. The Kier molecular flexibility index (Phi) is 3.49. The van der Waals surface area contributed by atoms with E-state index in [4.69, 9.17) is 4.74 Å². The Bertz CT molecular complexity index is 639. The monoisotopic (exact) mass is 300 g/mol. The smallest absolute Gasteiger partial charge is 0.225 e. The van der Waals surface area contributed by atoms with Gasteiger partial charge in [-0.1, -0.05) is 5.21 Å². The fourth-order valence-corrected chi connectivity index (χ4v) is 3.09. The highest BCUT2D eigenvalue weighted by atomic mass is 16.5. The summed E-state index contributed by atoms with van der Waals surface area (Å²) < 4.78 is 7.51. The van der Waals surface area contributed by atoms with Gasteiger partial charge in [0, 0.05) is 39.0 Å². The Labute approximate surface area is 129 Å². The van der Waals surface area contributed by atoms with Crippen molar-refractivity contribution in [1.82, 2.24) is 25.0 Å². The lowest BCUT2D eigenvalue weighted by Gasteiger charge is -2.34. The van der Waals surface area contributed by atoms with Gasteiger partial charge in [0.25, 0.3) is 0 Å². The number of fused-ring (bicyclic) bond motifs is 1. The lowest BCUT2D eigenvalue weighted by molar-refractivity contribution is 0.172. The summed E-state index contributed by atoms with van der Waals surface area (Å²) in [6.45, 7) is 2.43. The molecule has 116 valence electrons. The van der Waals surface area contributed by atoms with Crippen LogP contribution in [-0.2, 0) is 17.7 Å². The van der Waals surface area contributed by atoms with Crippen molar-refractivity contribution in [2.75, 3.05) is 25.2 Å². The number of anilines is 1. The normalized spacial score (nSPS) is 21.0. The molecule has 4 rings (SSSR count). The predicted molar refractivity (Wildman–Crippen MR) is 80.4 cm³/mol. The summed E-state index contributed by atoms with van der Waals surface area (Å²) in [5.74, 6) is 1.52. The lowest BCUT2D eigenvalue weighted by atomic mass is 10.0. The van der Waals surface area contributed by atoms with Crippen molar-refractivity contribution in [1.29, 1.82) is 0 Å². The summed E-state index contributed by atoms with van der Waals surface area (Å²) in [6, 6.07) is 1.86. The van der Waals surface area contributed by atoms with Gasteiger partial charge in [-0.05, 0) is 24.8 Å². The second-order valence-corrected chi connectivity index (χ2v) is 6.01. The van der Waals surface area contributed by atoms with Crippen LogP contribution in [0.25, 0.3) is 0 Å². The zero-order valence-corrected chi connectivity index (χ0v) is 12.7. The molecule has 22 heavy (non-hydrogen) atoms. The van der Waals surface area contributed by atoms with Gasteiger partial charge in [0.1, 0.15) is 11.7 Å². The summed E-state index contributed by atoms with van der Waals surface area (Å²) in [7, 11) is 1.72. The highest BCUT2D eigenvalue weighted by Gasteiger charge is 2.34. The summed E-state index contributed by atoms with van der Waals surface area (Å²) in [6.07, 6.45) is 7.10. The van der Waals surface area contributed by atoms with Gasteiger partial charge >= 0.3 is 0 Å². The average Bonchev–Trinajstić information content (AvgIpc) is 3.28. The highest BCUT2D eigenvalue weighted by Crippen LogP contribution is 2.34. The molecule has 0 saturated heterocycles. The van der Waals surface area contributed by atoms with E-state index in [1.165, 1.54) is 18.5 Å². The molecule has 0 amide bonds. The third-order valence-electron chi connectivity index (χ3n) is 4.41. The molecule has 0 N–H and O–H groups in total. The molecule has 1 fully saturated rings. The van der Waals surface area contributed by atoms with E-state index < -0.39 is 0 Å². The molecule has 2 aliphatic rings. The summed E-state index contributed by atoms with van der Waals surface area (Å²) in [5.41, 5.74) is 2.27. The van der Waals surface area contributed by atoms with Gasteiger partial charge < -0.3 is 9.64 Å². The summed E-state index contributed by atoms with van der Waals surface area (Å²) in [4.78, 5) is 10.9. The Hall–Kier alpha value is -2.02. The molecule has 1 aliphatic heterocycles. The maximum atomic E-state index is 5.42. The topological polar surface area (TPSA) is 69.0 Å². The van der Waals surface area contributed by atoms with Gasteiger partial charge in [0.15, 0.2) is 0 Å². The van der Waals surface area contributed by atoms with Crippen LogP contribution in [0.2, 0.25) is 0 Å². The van der Waals surface area contributed by atoms with E-state index in [2.05, 4.69) is 29.9 Å². The Balaban J connectivity index is 1.65. The van der Waals surface area contributed by atoms with Crippen LogP contribution in [0.5, 0.6) is 0 Å². The first kappa shape index (κ1) is 13.6. The molecule has 1 aliphatic carbocycles. The van der Waals surface area contributed by atoms with Crippen molar-refractivity contribution in [2.45, 2.75) is 31.8 Å². The van der Waals surface area contributed by atoms with Crippen LogP contribution in [0.1, 0.15) is 30.3 Å². The first-order chi connectivity index (χ1) is 10.9. The minimum Gasteiger partial charge on any atom is -0.382 e. The number of methoxy groups -OCH3 is 1. The minimum atomic E-state index is 0.0316. The second kappa shape index (κ2) is 5.64. The maximum absolute atomic E-state index is 5.42. The molecule has 0 spiro atoms. The third kappa shape index (κ3) is 2.45. The molecule has 2 aromatic rings. The fourth-order valence-electron chi connectivity index (χ4n) is 3.09. The van der Waals surface area contributed by atoms with Crippen molar-refractivity contribution in [3.63, 3.8) is 0 Å². The van der Waals surface area contributed by atoms with Crippen molar-refractivity contribution >= 4 is 5.95 Å². The van der Waals surface area contributed by atoms with Gasteiger partial charge in [-0.25, -0.2) is 14.6 Å². The summed E-state index contributed by atoms with van der Waals surface area (Å²) in [5, 5.41) is 8.83. The quantitative estimate of drug-likeness (QED) is 0.827. The van der Waals surface area contributed by atoms with Gasteiger partial charge in [0.05, 0.1) is 12.3 Å². The minimum absolute atomic E-state index is 0.0316. The van der Waals surface area contributed by atoms with Crippen LogP contribution in [0.4, 0.5) is 5.95 Å². The Morgan fingerprint density at radius 1 is 1.27 bits per heavy atom. The van der Waals surface area contributed by atoms with Gasteiger partial charge in [-0.15, -0.1) is 5.10 Å². The molecule has 2 aromatic heterocycles. The van der Waals surface area contributed by atoms with Crippen LogP contribution in [0, 0.1) is 5.92 Å². The van der Waals surface area contributed by atoms with Crippen molar-refractivity contribution < 1.29 is 4.74 Å². The second-order valence-electron chi connectivity index (χ2n) is 6.01. The largest absolute Gasteiger partial charge is 0.382 e. The molecule has 3 heterocycles. The number of rotatable bonds is 5. The third-order valence-corrected chi connectivity index (χ3v) is 4.41. The number of ether oxygens (including phenoxy) is 1. The first-order valence-electron chi connectivity index (χ1n) is 7.81. The SMILES string of the molecule is COCC1c2nnn(CC3CC3)c2CCN1c1ncccn1. The molecule has 0 radical (unpaired) electrons. The number of hydrogen-bond donors (Lipinski definition) is 0. The highest BCUT2D eigenvalue weighted by molar-refractivity contribution is 5.38. The van der Waals surface area contributed by atoms with E-state index in [1.807, 2.05) is 6.07 Å². The number of nitrogens with zero attached hydrogens (tertiary/aromatic N) is 6. The predicted octanol–water partition coefficient (Wildman–Crippen LogP) is 1.23. The number of aromatic nitrogens is 5. The molecular weight excluding hydrogens is 280 g/mol. The van der Waals surface area contributed by atoms with E-state index in [0.29, 0.717) is 6.61 Å². The zero-order valence-electron chi connectivity index (χ0n) is 12.7. The zero-order chi connectivity index (χ0) is 14.9. The Morgan fingerprint density at radius 2 is 2.09 bits per heavy atom. The van der Waals surface area contributed by atoms with E-state index in [0.717, 1.165) is 37.1 Å². The fraction of sp³-hybridized carbons (Fsp3) is 0.600. The van der Waals surface area contributed by atoms with E-state index in [9.17, 15) is 0 Å². The van der Waals surface area contributed by atoms with Gasteiger partial charge in [0.2, 0.25) is 5.95 Å². The molecular formula is C15H20N6O. The molecule has 0 aromatic carbocycles. The first-order valence-corrected chi connectivity index (χ1v) is 7.81. The molecule has 1 saturated carbocycles. The molecule has 7 heteroatoms.